The van der Waals surface area contributed by atoms with Crippen molar-refractivity contribution >= 4 is 0 Å². The Morgan fingerprint density at radius 3 is 3.04 bits per heavy atom. The molecule has 4 rings (SSSR count). The monoisotopic (exact) mass is 349 g/mol. The van der Waals surface area contributed by atoms with Gasteiger partial charge in [0.15, 0.2) is 0 Å². The van der Waals surface area contributed by atoms with Crippen LogP contribution in [-0.2, 0) is 6.54 Å². The van der Waals surface area contributed by atoms with Crippen LogP contribution in [0.15, 0.2) is 49.1 Å². The number of aryl methyl sites for hydroxylation is 1. The predicted molar refractivity (Wildman–Crippen MR) is 99.1 cm³/mol. The predicted octanol–water partition coefficient (Wildman–Crippen LogP) is 3.68. The molecule has 1 aromatic carbocycles. The van der Waals surface area contributed by atoms with Gasteiger partial charge in [-0.15, -0.1) is 0 Å². The SMILES string of the molecule is Cc1cc(CN2CCCC(c3ncn[nH]3)C2)ccc1Oc1cccnc1. The maximum Gasteiger partial charge on any atom is 0.145 e. The molecule has 6 nitrogen and oxygen atoms in total. The first-order chi connectivity index (χ1) is 12.8. The normalized spacial score (nSPS) is 18.0. The summed E-state index contributed by atoms with van der Waals surface area (Å²) in [5, 5.41) is 7.01. The van der Waals surface area contributed by atoms with Gasteiger partial charge in [0.05, 0.1) is 6.20 Å². The highest BCUT2D eigenvalue weighted by atomic mass is 16.5. The number of hydrogen-bond acceptors (Lipinski definition) is 5. The van der Waals surface area contributed by atoms with Crippen LogP contribution in [0.3, 0.4) is 0 Å². The highest BCUT2D eigenvalue weighted by molar-refractivity contribution is 5.39. The Bertz CT molecular complexity index is 835. The maximum absolute atomic E-state index is 5.92. The molecule has 2 aromatic heterocycles. The van der Waals surface area contributed by atoms with Crippen molar-refractivity contribution in [3.63, 3.8) is 0 Å². The van der Waals surface area contributed by atoms with Gasteiger partial charge in [-0.25, -0.2) is 4.98 Å². The third kappa shape index (κ3) is 3.91. The molecule has 1 aliphatic rings. The van der Waals surface area contributed by atoms with E-state index in [1.807, 2.05) is 12.1 Å². The number of aromatic amines is 1. The first kappa shape index (κ1) is 16.7. The Morgan fingerprint density at radius 2 is 2.27 bits per heavy atom. The lowest BCUT2D eigenvalue weighted by Gasteiger charge is -2.31. The third-order valence-electron chi connectivity index (χ3n) is 4.83. The van der Waals surface area contributed by atoms with E-state index in [1.165, 1.54) is 18.4 Å². The van der Waals surface area contributed by atoms with Gasteiger partial charge >= 0.3 is 0 Å². The van der Waals surface area contributed by atoms with Crippen LogP contribution in [0.25, 0.3) is 0 Å². The standard InChI is InChI=1S/C20H23N5O/c1-15-10-16(6-7-19(15)26-18-5-2-8-21-11-18)12-25-9-3-4-17(13-25)20-22-14-23-24-20/h2,5-8,10-11,14,17H,3-4,9,12-13H2,1H3,(H,22,23,24). The van der Waals surface area contributed by atoms with Crippen molar-refractivity contribution in [3.05, 3.63) is 66.0 Å². The van der Waals surface area contributed by atoms with E-state index in [2.05, 4.69) is 50.2 Å². The summed E-state index contributed by atoms with van der Waals surface area (Å²) in [7, 11) is 0. The van der Waals surface area contributed by atoms with Gasteiger partial charge in [-0.3, -0.25) is 15.0 Å². The molecule has 0 aliphatic carbocycles. The number of pyridine rings is 1. The summed E-state index contributed by atoms with van der Waals surface area (Å²) >= 11 is 0. The van der Waals surface area contributed by atoms with Crippen molar-refractivity contribution in [1.82, 2.24) is 25.1 Å². The molecule has 3 heterocycles. The molecule has 6 heteroatoms. The molecule has 134 valence electrons. The Hall–Kier alpha value is -2.73. The zero-order chi connectivity index (χ0) is 17.8. The molecule has 1 N–H and O–H groups in total. The zero-order valence-electron chi connectivity index (χ0n) is 14.9. The van der Waals surface area contributed by atoms with Crippen LogP contribution < -0.4 is 4.74 Å². The second-order valence-electron chi connectivity index (χ2n) is 6.84. The van der Waals surface area contributed by atoms with Crippen LogP contribution in [0.4, 0.5) is 0 Å². The number of benzene rings is 1. The summed E-state index contributed by atoms with van der Waals surface area (Å²) < 4.78 is 5.92. The van der Waals surface area contributed by atoms with E-state index >= 15 is 0 Å². The summed E-state index contributed by atoms with van der Waals surface area (Å²) in [5.74, 6) is 3.08. The number of nitrogens with zero attached hydrogens (tertiary/aromatic N) is 4. The van der Waals surface area contributed by atoms with Gasteiger partial charge in [0.25, 0.3) is 0 Å². The van der Waals surface area contributed by atoms with Crippen LogP contribution in [-0.4, -0.2) is 38.2 Å². The van der Waals surface area contributed by atoms with E-state index in [0.29, 0.717) is 5.92 Å². The van der Waals surface area contributed by atoms with Crippen molar-refractivity contribution in [2.24, 2.45) is 0 Å². The fourth-order valence-corrected chi connectivity index (χ4v) is 3.55. The lowest BCUT2D eigenvalue weighted by atomic mass is 9.97. The Morgan fingerprint density at radius 1 is 1.31 bits per heavy atom. The first-order valence-corrected chi connectivity index (χ1v) is 9.03. The van der Waals surface area contributed by atoms with Crippen molar-refractivity contribution in [2.75, 3.05) is 13.1 Å². The van der Waals surface area contributed by atoms with Crippen LogP contribution >= 0.6 is 0 Å². The average Bonchev–Trinajstić information content (AvgIpc) is 3.20. The lowest BCUT2D eigenvalue weighted by molar-refractivity contribution is 0.196. The van der Waals surface area contributed by atoms with Crippen LogP contribution in [0.2, 0.25) is 0 Å². The van der Waals surface area contributed by atoms with Crippen molar-refractivity contribution in [1.29, 1.82) is 0 Å². The van der Waals surface area contributed by atoms with Gasteiger partial charge in [-0.05, 0) is 55.6 Å². The van der Waals surface area contributed by atoms with E-state index in [-0.39, 0.29) is 0 Å². The van der Waals surface area contributed by atoms with Crippen LogP contribution in [0.1, 0.15) is 35.7 Å². The minimum Gasteiger partial charge on any atom is -0.455 e. The third-order valence-corrected chi connectivity index (χ3v) is 4.83. The molecule has 0 amide bonds. The van der Waals surface area contributed by atoms with Gasteiger partial charge < -0.3 is 4.74 Å². The van der Waals surface area contributed by atoms with E-state index in [4.69, 9.17) is 4.74 Å². The van der Waals surface area contributed by atoms with Crippen molar-refractivity contribution in [3.8, 4) is 11.5 Å². The van der Waals surface area contributed by atoms with Gasteiger partial charge in [0.1, 0.15) is 23.7 Å². The fraction of sp³-hybridized carbons (Fsp3) is 0.350. The summed E-state index contributed by atoms with van der Waals surface area (Å²) in [4.78, 5) is 10.9. The number of likely N-dealkylation sites (tertiary alicyclic amines) is 1. The average molecular weight is 349 g/mol. The Labute approximate surface area is 153 Å². The molecule has 0 bridgehead atoms. The molecular weight excluding hydrogens is 326 g/mol. The molecule has 0 saturated carbocycles. The number of aromatic nitrogens is 4. The molecule has 1 unspecified atom stereocenters. The van der Waals surface area contributed by atoms with Crippen LogP contribution in [0.5, 0.6) is 11.5 Å². The number of piperidine rings is 1. The van der Waals surface area contributed by atoms with Gasteiger partial charge in [-0.2, -0.15) is 5.10 Å². The minimum absolute atomic E-state index is 0.445. The molecule has 0 radical (unpaired) electrons. The smallest absolute Gasteiger partial charge is 0.145 e. The van der Waals surface area contributed by atoms with Crippen molar-refractivity contribution < 1.29 is 4.74 Å². The first-order valence-electron chi connectivity index (χ1n) is 9.03. The zero-order valence-corrected chi connectivity index (χ0v) is 14.9. The quantitative estimate of drug-likeness (QED) is 0.761. The number of hydrogen-bond donors (Lipinski definition) is 1. The highest BCUT2D eigenvalue weighted by Gasteiger charge is 2.23. The second kappa shape index (κ2) is 7.66. The molecular formula is C20H23N5O. The summed E-state index contributed by atoms with van der Waals surface area (Å²) in [6, 6.07) is 10.2. The largest absolute Gasteiger partial charge is 0.455 e. The van der Waals surface area contributed by atoms with Gasteiger partial charge in [-0.1, -0.05) is 12.1 Å². The molecule has 3 aromatic rings. The number of ether oxygens (including phenoxy) is 1. The number of rotatable bonds is 5. The molecule has 1 aliphatic heterocycles. The van der Waals surface area contributed by atoms with Crippen molar-refractivity contribution in [2.45, 2.75) is 32.2 Å². The van der Waals surface area contributed by atoms with E-state index in [0.717, 1.165) is 42.5 Å². The van der Waals surface area contributed by atoms with E-state index < -0.39 is 0 Å². The fourth-order valence-electron chi connectivity index (χ4n) is 3.55. The van der Waals surface area contributed by atoms with Gasteiger partial charge in [0.2, 0.25) is 0 Å². The Kier molecular flexibility index (Phi) is 4.93. The maximum atomic E-state index is 5.92. The lowest BCUT2D eigenvalue weighted by Crippen LogP contribution is -2.34. The van der Waals surface area contributed by atoms with Gasteiger partial charge in [0, 0.05) is 25.2 Å². The number of H-pyrrole nitrogens is 1. The van der Waals surface area contributed by atoms with E-state index in [1.54, 1.807) is 18.7 Å². The highest BCUT2D eigenvalue weighted by Crippen LogP contribution is 2.28. The number of nitrogens with one attached hydrogen (secondary N) is 1. The molecule has 1 fully saturated rings. The molecule has 1 saturated heterocycles. The molecule has 0 spiro atoms. The summed E-state index contributed by atoms with van der Waals surface area (Å²) in [5.41, 5.74) is 2.44. The van der Waals surface area contributed by atoms with Crippen LogP contribution in [0, 0.1) is 6.92 Å². The summed E-state index contributed by atoms with van der Waals surface area (Å²) in [6.45, 7) is 5.17. The molecule has 26 heavy (non-hydrogen) atoms. The molecule has 1 atom stereocenters. The Balaban J connectivity index is 1.41. The second-order valence-corrected chi connectivity index (χ2v) is 6.84. The topological polar surface area (TPSA) is 66.9 Å². The summed E-state index contributed by atoms with van der Waals surface area (Å²) in [6.07, 6.45) is 7.42. The van der Waals surface area contributed by atoms with E-state index in [9.17, 15) is 0 Å². The minimum atomic E-state index is 0.445.